The molecule has 25 heavy (non-hydrogen) atoms. The maximum atomic E-state index is 12.1. The van der Waals surface area contributed by atoms with Crippen molar-refractivity contribution in [2.75, 3.05) is 12.1 Å². The molecule has 0 saturated heterocycles. The number of fused-ring (bicyclic) bond motifs is 1. The first-order valence-corrected chi connectivity index (χ1v) is 7.50. The predicted molar refractivity (Wildman–Crippen MR) is 89.4 cm³/mol. The van der Waals surface area contributed by atoms with Crippen molar-refractivity contribution in [3.05, 3.63) is 60.4 Å². The van der Waals surface area contributed by atoms with E-state index in [1.165, 1.54) is 17.1 Å². The molecule has 8 nitrogen and oxygen atoms in total. The molecule has 3 aromatic rings. The van der Waals surface area contributed by atoms with Gasteiger partial charge in [0.1, 0.15) is 6.33 Å². The van der Waals surface area contributed by atoms with Crippen LogP contribution in [0.5, 0.6) is 11.5 Å². The summed E-state index contributed by atoms with van der Waals surface area (Å²) in [5.41, 5.74) is 2.25. The summed E-state index contributed by atoms with van der Waals surface area (Å²) in [6.45, 7) is 0.223. The third-order valence-electron chi connectivity index (χ3n) is 3.55. The van der Waals surface area contributed by atoms with Crippen LogP contribution in [0.1, 0.15) is 5.56 Å². The zero-order chi connectivity index (χ0) is 17.1. The summed E-state index contributed by atoms with van der Waals surface area (Å²) in [4.78, 5) is 12.1. The Hall–Kier alpha value is -3.68. The molecule has 1 amide bonds. The van der Waals surface area contributed by atoms with Crippen LogP contribution in [-0.2, 0) is 4.79 Å². The van der Waals surface area contributed by atoms with Gasteiger partial charge in [-0.3, -0.25) is 4.79 Å². The van der Waals surface area contributed by atoms with Crippen LogP contribution < -0.4 is 14.8 Å². The molecule has 0 aliphatic carbocycles. The van der Waals surface area contributed by atoms with Crippen molar-refractivity contribution in [2.45, 2.75) is 0 Å². The minimum atomic E-state index is -0.244. The van der Waals surface area contributed by atoms with Gasteiger partial charge in [0.05, 0.1) is 5.69 Å². The quantitative estimate of drug-likeness (QED) is 0.734. The zero-order valence-corrected chi connectivity index (χ0v) is 13.0. The lowest BCUT2D eigenvalue weighted by atomic mass is 10.2. The first-order chi connectivity index (χ1) is 12.3. The van der Waals surface area contributed by atoms with E-state index in [1.54, 1.807) is 18.2 Å². The number of benzene rings is 2. The molecule has 0 bridgehead atoms. The summed E-state index contributed by atoms with van der Waals surface area (Å²) in [7, 11) is 0. The van der Waals surface area contributed by atoms with E-state index < -0.39 is 0 Å². The largest absolute Gasteiger partial charge is 0.454 e. The second-order valence-electron chi connectivity index (χ2n) is 5.24. The molecular formula is C17H13N5O3. The normalized spacial score (nSPS) is 12.5. The van der Waals surface area contributed by atoms with E-state index in [4.69, 9.17) is 9.47 Å². The average Bonchev–Trinajstić information content (AvgIpc) is 3.31. The highest BCUT2D eigenvalue weighted by atomic mass is 16.7. The Bertz CT molecular complexity index is 937. The summed E-state index contributed by atoms with van der Waals surface area (Å²) in [6, 6.07) is 12.7. The summed E-state index contributed by atoms with van der Waals surface area (Å²) >= 11 is 0. The van der Waals surface area contributed by atoms with Gasteiger partial charge in [0.2, 0.25) is 12.7 Å². The number of aromatic nitrogens is 4. The number of nitrogens with zero attached hydrogens (tertiary/aromatic N) is 4. The van der Waals surface area contributed by atoms with Crippen LogP contribution in [-0.4, -0.2) is 32.9 Å². The maximum Gasteiger partial charge on any atom is 0.248 e. The Morgan fingerprint density at radius 3 is 2.96 bits per heavy atom. The number of amides is 1. The Balaban J connectivity index is 1.44. The van der Waals surface area contributed by atoms with Gasteiger partial charge >= 0.3 is 0 Å². The SMILES string of the molecule is O=C(/C=C/c1ccc2c(c1)OCO2)Nc1cccc(-n2cnnn2)c1. The van der Waals surface area contributed by atoms with Gasteiger partial charge < -0.3 is 14.8 Å². The Morgan fingerprint density at radius 2 is 2.08 bits per heavy atom. The van der Waals surface area contributed by atoms with Crippen molar-refractivity contribution < 1.29 is 14.3 Å². The summed E-state index contributed by atoms with van der Waals surface area (Å²) in [5.74, 6) is 1.14. The van der Waals surface area contributed by atoms with Crippen molar-refractivity contribution in [1.29, 1.82) is 0 Å². The van der Waals surface area contributed by atoms with Crippen LogP contribution in [0.25, 0.3) is 11.8 Å². The molecule has 4 rings (SSSR count). The number of anilines is 1. The topological polar surface area (TPSA) is 91.2 Å². The van der Waals surface area contributed by atoms with E-state index in [2.05, 4.69) is 20.8 Å². The number of ether oxygens (including phenoxy) is 2. The molecule has 124 valence electrons. The van der Waals surface area contributed by atoms with E-state index in [0.717, 1.165) is 11.3 Å². The van der Waals surface area contributed by atoms with Crippen molar-refractivity contribution in [2.24, 2.45) is 0 Å². The molecule has 0 spiro atoms. The molecular weight excluding hydrogens is 322 g/mol. The smallest absolute Gasteiger partial charge is 0.248 e. The molecule has 1 aliphatic rings. The number of carbonyl (C=O) groups is 1. The van der Waals surface area contributed by atoms with Gasteiger partial charge in [-0.25, -0.2) is 4.68 Å². The predicted octanol–water partition coefficient (Wildman–Crippen LogP) is 2.04. The summed E-state index contributed by atoms with van der Waals surface area (Å²) in [6.07, 6.45) is 4.66. The van der Waals surface area contributed by atoms with Gasteiger partial charge in [0.15, 0.2) is 11.5 Å². The number of hydrogen-bond acceptors (Lipinski definition) is 6. The third kappa shape index (κ3) is 3.32. The molecule has 1 aromatic heterocycles. The van der Waals surface area contributed by atoms with E-state index >= 15 is 0 Å². The summed E-state index contributed by atoms with van der Waals surface area (Å²) in [5, 5.41) is 13.8. The highest BCUT2D eigenvalue weighted by Gasteiger charge is 2.12. The monoisotopic (exact) mass is 335 g/mol. The highest BCUT2D eigenvalue weighted by molar-refractivity contribution is 6.02. The third-order valence-corrected chi connectivity index (χ3v) is 3.55. The van der Waals surface area contributed by atoms with Gasteiger partial charge in [0, 0.05) is 11.8 Å². The molecule has 0 saturated carbocycles. The van der Waals surface area contributed by atoms with Crippen LogP contribution >= 0.6 is 0 Å². The highest BCUT2D eigenvalue weighted by Crippen LogP contribution is 2.32. The van der Waals surface area contributed by atoms with E-state index in [1.807, 2.05) is 30.3 Å². The lowest BCUT2D eigenvalue weighted by Crippen LogP contribution is -2.08. The average molecular weight is 335 g/mol. The van der Waals surface area contributed by atoms with Crippen molar-refractivity contribution in [1.82, 2.24) is 20.2 Å². The summed E-state index contributed by atoms with van der Waals surface area (Å²) < 4.78 is 12.1. The Morgan fingerprint density at radius 1 is 1.16 bits per heavy atom. The van der Waals surface area contributed by atoms with Gasteiger partial charge in [-0.05, 0) is 52.4 Å². The van der Waals surface area contributed by atoms with Gasteiger partial charge in [-0.1, -0.05) is 12.1 Å². The minimum absolute atomic E-state index is 0.223. The lowest BCUT2D eigenvalue weighted by Gasteiger charge is -2.05. The van der Waals surface area contributed by atoms with Crippen LogP contribution in [0.2, 0.25) is 0 Å². The first-order valence-electron chi connectivity index (χ1n) is 7.50. The van der Waals surface area contributed by atoms with Crippen LogP contribution in [0.15, 0.2) is 54.9 Å². The fourth-order valence-electron chi connectivity index (χ4n) is 2.38. The van der Waals surface area contributed by atoms with E-state index in [0.29, 0.717) is 17.2 Å². The number of nitrogens with one attached hydrogen (secondary N) is 1. The minimum Gasteiger partial charge on any atom is -0.454 e. The number of tetrazole rings is 1. The van der Waals surface area contributed by atoms with Crippen LogP contribution in [0.4, 0.5) is 5.69 Å². The van der Waals surface area contributed by atoms with Crippen LogP contribution in [0, 0.1) is 0 Å². The standard InChI is InChI=1S/C17H13N5O3/c23-17(7-5-12-4-6-15-16(8-12)25-11-24-15)19-13-2-1-3-14(9-13)22-10-18-20-21-22/h1-10H,11H2,(H,19,23)/b7-5+. The second kappa shape index (κ2) is 6.44. The van der Waals surface area contributed by atoms with Gasteiger partial charge in [-0.2, -0.15) is 0 Å². The second-order valence-corrected chi connectivity index (χ2v) is 5.24. The maximum absolute atomic E-state index is 12.1. The van der Waals surface area contributed by atoms with E-state index in [9.17, 15) is 4.79 Å². The fraction of sp³-hybridized carbons (Fsp3) is 0.0588. The number of hydrogen-bond donors (Lipinski definition) is 1. The van der Waals surface area contributed by atoms with Crippen molar-refractivity contribution in [3.8, 4) is 17.2 Å². The number of rotatable bonds is 4. The zero-order valence-electron chi connectivity index (χ0n) is 13.0. The molecule has 2 heterocycles. The van der Waals surface area contributed by atoms with Crippen molar-refractivity contribution >= 4 is 17.7 Å². The molecule has 0 atom stereocenters. The Kier molecular flexibility index (Phi) is 3.83. The van der Waals surface area contributed by atoms with Gasteiger partial charge in [-0.15, -0.1) is 5.10 Å². The fourth-order valence-corrected chi connectivity index (χ4v) is 2.38. The van der Waals surface area contributed by atoms with E-state index in [-0.39, 0.29) is 12.7 Å². The van der Waals surface area contributed by atoms with Gasteiger partial charge in [0.25, 0.3) is 0 Å². The molecule has 0 radical (unpaired) electrons. The van der Waals surface area contributed by atoms with Crippen molar-refractivity contribution in [3.63, 3.8) is 0 Å². The molecule has 1 aliphatic heterocycles. The van der Waals surface area contributed by atoms with Crippen LogP contribution in [0.3, 0.4) is 0 Å². The molecule has 2 aromatic carbocycles. The molecule has 1 N–H and O–H groups in total. The molecule has 8 heteroatoms. The number of carbonyl (C=O) groups excluding carboxylic acids is 1. The molecule has 0 fully saturated rings. The molecule has 0 unspecified atom stereocenters. The lowest BCUT2D eigenvalue weighted by molar-refractivity contribution is -0.111. The Labute approximate surface area is 142 Å². The first kappa shape index (κ1) is 14.9.